The Kier molecular flexibility index (Phi) is 6.53. The topological polar surface area (TPSA) is 84.9 Å². The number of ether oxygens (including phenoxy) is 2. The number of nitrogens with zero attached hydrogens (tertiary/aromatic N) is 4. The molecule has 0 spiro atoms. The van der Waals surface area contributed by atoms with Crippen LogP contribution >= 0.6 is 0 Å². The van der Waals surface area contributed by atoms with Crippen LogP contribution in [-0.2, 0) is 4.79 Å². The van der Waals surface area contributed by atoms with Crippen LogP contribution in [0.4, 0.5) is 0 Å². The van der Waals surface area contributed by atoms with Crippen molar-refractivity contribution in [1.29, 1.82) is 0 Å². The van der Waals surface area contributed by atoms with E-state index in [4.69, 9.17) is 9.47 Å². The van der Waals surface area contributed by atoms with Crippen molar-refractivity contribution in [3.05, 3.63) is 77.7 Å². The molecule has 2 amide bonds. The normalized spacial score (nSPS) is 15.8. The molecular weight excluding hydrogens is 420 g/mol. The third kappa shape index (κ3) is 4.95. The quantitative estimate of drug-likeness (QED) is 0.595. The molecule has 1 aliphatic heterocycles. The zero-order chi connectivity index (χ0) is 23.4. The van der Waals surface area contributed by atoms with Gasteiger partial charge in [0, 0.05) is 38.4 Å². The van der Waals surface area contributed by atoms with Gasteiger partial charge < -0.3 is 19.3 Å². The molecular formula is C25H26N4O4. The lowest BCUT2D eigenvalue weighted by molar-refractivity contribution is -0.133. The number of benzene rings is 1. The SMILES string of the molecule is COc1ccc([C@@H]2CN(C(=O)c3cccnc3Oc3ccc(C)nc3)CCN2C(C)=O)cc1. The molecule has 0 aliphatic carbocycles. The van der Waals surface area contributed by atoms with E-state index in [-0.39, 0.29) is 23.7 Å². The lowest BCUT2D eigenvalue weighted by atomic mass is 10.0. The number of aromatic nitrogens is 2. The molecule has 3 heterocycles. The summed E-state index contributed by atoms with van der Waals surface area (Å²) < 4.78 is 11.1. The van der Waals surface area contributed by atoms with Crippen molar-refractivity contribution < 1.29 is 19.1 Å². The van der Waals surface area contributed by atoms with Crippen molar-refractivity contribution >= 4 is 11.8 Å². The second-order valence-corrected chi connectivity index (χ2v) is 7.85. The minimum absolute atomic E-state index is 0.0276. The van der Waals surface area contributed by atoms with Crippen LogP contribution in [0.5, 0.6) is 17.4 Å². The molecule has 3 aromatic rings. The largest absolute Gasteiger partial charge is 0.497 e. The zero-order valence-electron chi connectivity index (χ0n) is 18.9. The molecule has 8 heteroatoms. The van der Waals surface area contributed by atoms with Gasteiger partial charge in [0.25, 0.3) is 5.91 Å². The fourth-order valence-electron chi connectivity index (χ4n) is 3.89. The standard InChI is InChI=1S/C25H26N4O4/c1-17-6-9-21(15-27-17)33-24-22(5-4-12-26-24)25(31)28-13-14-29(18(2)30)23(16-28)19-7-10-20(32-3)11-8-19/h4-12,15,23H,13-14,16H2,1-3H3/t23-/m0/s1. The van der Waals surface area contributed by atoms with Gasteiger partial charge in [-0.3, -0.25) is 14.6 Å². The first-order valence-corrected chi connectivity index (χ1v) is 10.7. The first kappa shape index (κ1) is 22.3. The number of hydrogen-bond donors (Lipinski definition) is 0. The van der Waals surface area contributed by atoms with Gasteiger partial charge in [0.15, 0.2) is 0 Å². The van der Waals surface area contributed by atoms with Crippen LogP contribution in [-0.4, -0.2) is 58.3 Å². The van der Waals surface area contributed by atoms with E-state index in [9.17, 15) is 9.59 Å². The average Bonchev–Trinajstić information content (AvgIpc) is 2.85. The van der Waals surface area contributed by atoms with E-state index in [2.05, 4.69) is 9.97 Å². The Bertz CT molecular complexity index is 1130. The van der Waals surface area contributed by atoms with Gasteiger partial charge in [-0.05, 0) is 48.9 Å². The number of rotatable bonds is 5. The predicted octanol–water partition coefficient (Wildman–Crippen LogP) is 3.63. The van der Waals surface area contributed by atoms with Crippen LogP contribution in [0, 0.1) is 6.92 Å². The Morgan fingerprint density at radius 1 is 1.00 bits per heavy atom. The van der Waals surface area contributed by atoms with Gasteiger partial charge in [0.1, 0.15) is 17.1 Å². The van der Waals surface area contributed by atoms with Crippen molar-refractivity contribution in [2.45, 2.75) is 19.9 Å². The fraction of sp³-hybridized carbons (Fsp3) is 0.280. The van der Waals surface area contributed by atoms with E-state index < -0.39 is 0 Å². The van der Waals surface area contributed by atoms with Crippen LogP contribution in [0.25, 0.3) is 0 Å². The van der Waals surface area contributed by atoms with Crippen molar-refractivity contribution in [2.75, 3.05) is 26.7 Å². The molecule has 0 bridgehead atoms. The van der Waals surface area contributed by atoms with Gasteiger partial charge in [0.2, 0.25) is 11.8 Å². The monoisotopic (exact) mass is 446 g/mol. The van der Waals surface area contributed by atoms with Crippen LogP contribution in [0.1, 0.15) is 34.6 Å². The van der Waals surface area contributed by atoms with Crippen LogP contribution < -0.4 is 9.47 Å². The number of hydrogen-bond acceptors (Lipinski definition) is 6. The van der Waals surface area contributed by atoms with E-state index in [0.29, 0.717) is 30.9 Å². The van der Waals surface area contributed by atoms with E-state index in [1.54, 1.807) is 54.4 Å². The van der Waals surface area contributed by atoms with Crippen LogP contribution in [0.2, 0.25) is 0 Å². The molecule has 0 unspecified atom stereocenters. The number of pyridine rings is 2. The van der Waals surface area contributed by atoms with E-state index in [0.717, 1.165) is 17.0 Å². The molecule has 170 valence electrons. The molecule has 33 heavy (non-hydrogen) atoms. The minimum atomic E-state index is -0.256. The fourth-order valence-corrected chi connectivity index (χ4v) is 3.89. The number of amides is 2. The molecule has 0 saturated carbocycles. The Labute approximate surface area is 192 Å². The maximum absolute atomic E-state index is 13.5. The highest BCUT2D eigenvalue weighted by Crippen LogP contribution is 2.30. The average molecular weight is 447 g/mol. The predicted molar refractivity (Wildman–Crippen MR) is 122 cm³/mol. The number of aryl methyl sites for hydroxylation is 1. The molecule has 8 nitrogen and oxygen atoms in total. The van der Waals surface area contributed by atoms with Gasteiger partial charge in [-0.2, -0.15) is 0 Å². The number of carbonyl (C=O) groups excluding carboxylic acids is 2. The highest BCUT2D eigenvalue weighted by molar-refractivity contribution is 5.96. The summed E-state index contributed by atoms with van der Waals surface area (Å²) in [6.45, 7) is 4.67. The first-order chi connectivity index (χ1) is 16.0. The summed E-state index contributed by atoms with van der Waals surface area (Å²) in [7, 11) is 1.61. The van der Waals surface area contributed by atoms with Gasteiger partial charge in [-0.1, -0.05) is 12.1 Å². The zero-order valence-corrected chi connectivity index (χ0v) is 18.9. The lowest BCUT2D eigenvalue weighted by Gasteiger charge is -2.41. The van der Waals surface area contributed by atoms with Gasteiger partial charge in [-0.15, -0.1) is 0 Å². The Morgan fingerprint density at radius 2 is 1.76 bits per heavy atom. The molecule has 2 aromatic heterocycles. The van der Waals surface area contributed by atoms with E-state index in [1.165, 1.54) is 0 Å². The van der Waals surface area contributed by atoms with Crippen LogP contribution in [0.3, 0.4) is 0 Å². The highest BCUT2D eigenvalue weighted by atomic mass is 16.5. The summed E-state index contributed by atoms with van der Waals surface area (Å²) in [6.07, 6.45) is 3.19. The van der Waals surface area contributed by atoms with Gasteiger partial charge >= 0.3 is 0 Å². The first-order valence-electron chi connectivity index (χ1n) is 10.7. The van der Waals surface area contributed by atoms with Crippen molar-refractivity contribution in [2.24, 2.45) is 0 Å². The number of methoxy groups -OCH3 is 1. The van der Waals surface area contributed by atoms with Gasteiger partial charge in [0.05, 0.1) is 19.3 Å². The summed E-state index contributed by atoms with van der Waals surface area (Å²) >= 11 is 0. The van der Waals surface area contributed by atoms with E-state index >= 15 is 0 Å². The Hall–Kier alpha value is -3.94. The summed E-state index contributed by atoms with van der Waals surface area (Å²) in [6, 6.07) is 14.3. The van der Waals surface area contributed by atoms with Crippen molar-refractivity contribution in [3.63, 3.8) is 0 Å². The van der Waals surface area contributed by atoms with Crippen molar-refractivity contribution in [3.8, 4) is 17.4 Å². The summed E-state index contributed by atoms with van der Waals surface area (Å²) in [5.74, 6) is 1.24. The lowest BCUT2D eigenvalue weighted by Crippen LogP contribution is -2.51. The molecule has 1 aliphatic rings. The number of carbonyl (C=O) groups is 2. The maximum atomic E-state index is 13.5. The molecule has 1 aromatic carbocycles. The molecule has 1 saturated heterocycles. The third-order valence-corrected chi connectivity index (χ3v) is 5.67. The van der Waals surface area contributed by atoms with Crippen LogP contribution in [0.15, 0.2) is 60.9 Å². The number of piperazine rings is 1. The molecule has 0 N–H and O–H groups in total. The molecule has 4 rings (SSSR count). The van der Waals surface area contributed by atoms with Crippen molar-refractivity contribution in [1.82, 2.24) is 19.8 Å². The second-order valence-electron chi connectivity index (χ2n) is 7.85. The van der Waals surface area contributed by atoms with E-state index in [1.807, 2.05) is 37.3 Å². The summed E-state index contributed by atoms with van der Waals surface area (Å²) in [4.78, 5) is 37.8. The highest BCUT2D eigenvalue weighted by Gasteiger charge is 2.33. The van der Waals surface area contributed by atoms with Gasteiger partial charge in [-0.25, -0.2) is 4.98 Å². The molecule has 1 fully saturated rings. The third-order valence-electron chi connectivity index (χ3n) is 5.67. The molecule has 0 radical (unpaired) electrons. The Morgan fingerprint density at radius 3 is 2.42 bits per heavy atom. The summed E-state index contributed by atoms with van der Waals surface area (Å²) in [5.41, 5.74) is 2.17. The minimum Gasteiger partial charge on any atom is -0.497 e. The molecule has 1 atom stereocenters. The summed E-state index contributed by atoms with van der Waals surface area (Å²) in [5, 5.41) is 0. The smallest absolute Gasteiger partial charge is 0.259 e. The second kappa shape index (κ2) is 9.68. The maximum Gasteiger partial charge on any atom is 0.259 e. The Balaban J connectivity index is 1.58.